The van der Waals surface area contributed by atoms with Gasteiger partial charge in [0, 0.05) is 26.2 Å². The highest BCUT2D eigenvalue weighted by Crippen LogP contribution is 2.45. The summed E-state index contributed by atoms with van der Waals surface area (Å²) >= 11 is 12.3. The third-order valence-corrected chi connectivity index (χ3v) is 9.01. The molecule has 2 fully saturated rings. The van der Waals surface area contributed by atoms with Crippen molar-refractivity contribution < 1.29 is 21.6 Å². The van der Waals surface area contributed by atoms with Gasteiger partial charge >= 0.3 is 6.18 Å². The van der Waals surface area contributed by atoms with Gasteiger partial charge in [-0.2, -0.15) is 17.5 Å². The summed E-state index contributed by atoms with van der Waals surface area (Å²) in [6, 6.07) is 9.72. The molecule has 2 aromatic carbocycles. The SMILES string of the molecule is O=S(=O)(c1ccccc1Cl)N1CCC2(CCN(c3cc(C(F)(F)F)ccc3Cl)C2)CC1. The van der Waals surface area contributed by atoms with Gasteiger partial charge in [0.15, 0.2) is 0 Å². The van der Waals surface area contributed by atoms with Crippen LogP contribution in [0.25, 0.3) is 0 Å². The van der Waals surface area contributed by atoms with E-state index in [0.29, 0.717) is 44.7 Å². The van der Waals surface area contributed by atoms with Gasteiger partial charge in [-0.25, -0.2) is 8.42 Å². The van der Waals surface area contributed by atoms with Gasteiger partial charge in [0.25, 0.3) is 0 Å². The van der Waals surface area contributed by atoms with E-state index in [4.69, 9.17) is 23.2 Å². The van der Waals surface area contributed by atoms with Crippen LogP contribution in [-0.2, 0) is 16.2 Å². The number of nitrogens with zero attached hydrogens (tertiary/aromatic N) is 2. The van der Waals surface area contributed by atoms with E-state index in [1.54, 1.807) is 18.2 Å². The Balaban J connectivity index is 1.48. The average Bonchev–Trinajstić information content (AvgIpc) is 3.11. The van der Waals surface area contributed by atoms with Gasteiger partial charge in [-0.3, -0.25) is 0 Å². The monoisotopic (exact) mass is 492 g/mol. The first-order chi connectivity index (χ1) is 14.5. The van der Waals surface area contributed by atoms with E-state index in [9.17, 15) is 21.6 Å². The number of anilines is 1. The Hall–Kier alpha value is -1.48. The number of alkyl halides is 3. The Morgan fingerprint density at radius 1 is 0.903 bits per heavy atom. The maximum absolute atomic E-state index is 13.1. The number of piperidine rings is 1. The van der Waals surface area contributed by atoms with Crippen LogP contribution >= 0.6 is 23.2 Å². The molecule has 0 atom stereocenters. The van der Waals surface area contributed by atoms with Gasteiger partial charge in [0.05, 0.1) is 21.3 Å². The van der Waals surface area contributed by atoms with Crippen molar-refractivity contribution in [1.82, 2.24) is 4.31 Å². The lowest BCUT2D eigenvalue weighted by atomic mass is 9.78. The molecule has 1 spiro atoms. The quantitative estimate of drug-likeness (QED) is 0.552. The molecule has 4 nitrogen and oxygen atoms in total. The fourth-order valence-electron chi connectivity index (χ4n) is 4.47. The van der Waals surface area contributed by atoms with Crippen molar-refractivity contribution in [3.05, 3.63) is 58.1 Å². The van der Waals surface area contributed by atoms with Gasteiger partial charge in [-0.1, -0.05) is 35.3 Å². The lowest BCUT2D eigenvalue weighted by molar-refractivity contribution is -0.137. The van der Waals surface area contributed by atoms with Gasteiger partial charge < -0.3 is 4.90 Å². The normalized spacial score (nSPS) is 19.8. The van der Waals surface area contributed by atoms with Crippen molar-refractivity contribution >= 4 is 38.9 Å². The maximum atomic E-state index is 13.1. The third kappa shape index (κ3) is 4.40. The van der Waals surface area contributed by atoms with Gasteiger partial charge in [0.2, 0.25) is 10.0 Å². The van der Waals surface area contributed by atoms with E-state index in [0.717, 1.165) is 18.6 Å². The first kappa shape index (κ1) is 22.7. The zero-order valence-electron chi connectivity index (χ0n) is 16.5. The number of halogens is 5. The van der Waals surface area contributed by atoms with Crippen LogP contribution in [0.15, 0.2) is 47.4 Å². The Labute approximate surface area is 189 Å². The smallest absolute Gasteiger partial charge is 0.370 e. The summed E-state index contributed by atoms with van der Waals surface area (Å²) in [4.78, 5) is 1.98. The second-order valence-electron chi connectivity index (χ2n) is 8.17. The summed E-state index contributed by atoms with van der Waals surface area (Å²) in [6.45, 7) is 1.82. The zero-order chi connectivity index (χ0) is 22.4. The summed E-state index contributed by atoms with van der Waals surface area (Å²) in [5, 5.41) is 0.470. The molecule has 0 saturated carbocycles. The van der Waals surface area contributed by atoms with E-state index in [2.05, 4.69) is 0 Å². The van der Waals surface area contributed by atoms with Gasteiger partial charge in [0.1, 0.15) is 4.90 Å². The predicted octanol–water partition coefficient (Wildman–Crippen LogP) is 5.69. The number of rotatable bonds is 3. The first-order valence-corrected chi connectivity index (χ1v) is 12.1. The molecule has 0 radical (unpaired) electrons. The van der Waals surface area contributed by atoms with Crippen molar-refractivity contribution in [1.29, 1.82) is 0 Å². The highest BCUT2D eigenvalue weighted by molar-refractivity contribution is 7.89. The summed E-state index contributed by atoms with van der Waals surface area (Å²) in [5.41, 5.74) is -0.502. The van der Waals surface area contributed by atoms with Gasteiger partial charge in [-0.15, -0.1) is 0 Å². The van der Waals surface area contributed by atoms with Gasteiger partial charge in [-0.05, 0) is 55.0 Å². The standard InChI is InChI=1S/C21H21Cl2F3N2O2S/c22-16-6-5-15(21(24,25)26)13-18(16)27-10-7-20(14-27)8-11-28(12-9-20)31(29,30)19-4-2-1-3-17(19)23/h1-6,13H,7-12,14H2. The van der Waals surface area contributed by atoms with Crippen LogP contribution in [0, 0.1) is 5.41 Å². The molecular weight excluding hydrogens is 472 g/mol. The zero-order valence-corrected chi connectivity index (χ0v) is 18.8. The molecule has 0 unspecified atom stereocenters. The van der Waals surface area contributed by atoms with Crippen molar-refractivity contribution in [3.8, 4) is 0 Å². The highest BCUT2D eigenvalue weighted by atomic mass is 35.5. The summed E-state index contributed by atoms with van der Waals surface area (Å²) < 4.78 is 66.8. The first-order valence-electron chi connectivity index (χ1n) is 9.88. The highest BCUT2D eigenvalue weighted by Gasteiger charge is 2.44. The Morgan fingerprint density at radius 3 is 2.19 bits per heavy atom. The van der Waals surface area contributed by atoms with Crippen LogP contribution in [0.3, 0.4) is 0 Å². The predicted molar refractivity (Wildman–Crippen MR) is 115 cm³/mol. The van der Waals surface area contributed by atoms with Crippen LogP contribution in [0.4, 0.5) is 18.9 Å². The van der Waals surface area contributed by atoms with Crippen LogP contribution in [0.2, 0.25) is 10.0 Å². The molecule has 0 aliphatic carbocycles. The van der Waals surface area contributed by atoms with E-state index >= 15 is 0 Å². The molecule has 0 bridgehead atoms. The Bertz CT molecular complexity index is 1080. The molecule has 10 heteroatoms. The number of hydrogen-bond donors (Lipinski definition) is 0. The van der Waals surface area contributed by atoms with Crippen molar-refractivity contribution in [2.24, 2.45) is 5.41 Å². The minimum Gasteiger partial charge on any atom is -0.370 e. The third-order valence-electron chi connectivity index (χ3n) is 6.29. The van der Waals surface area contributed by atoms with E-state index < -0.39 is 21.8 Å². The molecule has 0 amide bonds. The molecule has 2 aromatic rings. The molecule has 168 valence electrons. The fraction of sp³-hybridized carbons (Fsp3) is 0.429. The topological polar surface area (TPSA) is 40.6 Å². The summed E-state index contributed by atoms with van der Waals surface area (Å²) in [7, 11) is -3.69. The van der Waals surface area contributed by atoms with Crippen LogP contribution < -0.4 is 4.90 Å². The molecule has 0 N–H and O–H groups in total. The Morgan fingerprint density at radius 2 is 1.55 bits per heavy atom. The lowest BCUT2D eigenvalue weighted by Gasteiger charge is -2.38. The summed E-state index contributed by atoms with van der Waals surface area (Å²) in [6.07, 6.45) is -2.40. The molecule has 2 aliphatic rings. The minimum absolute atomic E-state index is 0.0939. The molecule has 0 aromatic heterocycles. The molecule has 2 saturated heterocycles. The van der Waals surface area contributed by atoms with Crippen LogP contribution in [0.5, 0.6) is 0 Å². The molecule has 31 heavy (non-hydrogen) atoms. The largest absolute Gasteiger partial charge is 0.416 e. The van der Waals surface area contributed by atoms with Crippen LogP contribution in [0.1, 0.15) is 24.8 Å². The maximum Gasteiger partial charge on any atom is 0.416 e. The molecule has 2 aliphatic heterocycles. The Kier molecular flexibility index (Phi) is 5.96. The number of benzene rings is 2. The van der Waals surface area contributed by atoms with Crippen molar-refractivity contribution in [3.63, 3.8) is 0 Å². The van der Waals surface area contributed by atoms with E-state index in [-0.39, 0.29) is 20.4 Å². The van der Waals surface area contributed by atoms with E-state index in [1.165, 1.54) is 16.4 Å². The fourth-order valence-corrected chi connectivity index (χ4v) is 6.65. The average molecular weight is 493 g/mol. The second-order valence-corrected chi connectivity index (χ2v) is 10.9. The van der Waals surface area contributed by atoms with E-state index in [1.807, 2.05) is 4.90 Å². The lowest BCUT2D eigenvalue weighted by Crippen LogP contribution is -2.44. The molecule has 4 rings (SSSR count). The second kappa shape index (κ2) is 8.14. The summed E-state index contributed by atoms with van der Waals surface area (Å²) in [5.74, 6) is 0. The minimum atomic E-state index is -4.44. The van der Waals surface area contributed by atoms with Crippen molar-refractivity contribution in [2.45, 2.75) is 30.3 Å². The number of hydrogen-bond acceptors (Lipinski definition) is 3. The van der Waals surface area contributed by atoms with Crippen LogP contribution in [-0.4, -0.2) is 38.9 Å². The molecular formula is C21H21Cl2F3N2O2S. The van der Waals surface area contributed by atoms with Crippen molar-refractivity contribution in [2.75, 3.05) is 31.1 Å². The number of sulfonamides is 1. The molecule has 2 heterocycles.